The van der Waals surface area contributed by atoms with Crippen LogP contribution in [-0.4, -0.2) is 36.6 Å². The Hall–Kier alpha value is -2.00. The highest BCUT2D eigenvalue weighted by Crippen LogP contribution is 2.20. The van der Waals surface area contributed by atoms with E-state index in [0.29, 0.717) is 5.56 Å². The number of rotatable bonds is 3. The topological polar surface area (TPSA) is 46.3 Å². The summed E-state index contributed by atoms with van der Waals surface area (Å²) in [6, 6.07) is 4.91. The van der Waals surface area contributed by atoms with E-state index in [1.165, 1.54) is 6.92 Å². The lowest BCUT2D eigenvalue weighted by Crippen LogP contribution is -2.39. The van der Waals surface area contributed by atoms with Crippen molar-refractivity contribution in [3.05, 3.63) is 34.9 Å². The van der Waals surface area contributed by atoms with Gasteiger partial charge in [-0.15, -0.1) is 0 Å². The van der Waals surface area contributed by atoms with Gasteiger partial charge in [0.25, 0.3) is 5.91 Å². The summed E-state index contributed by atoms with van der Waals surface area (Å²) in [4.78, 5) is 13.1. The highest BCUT2D eigenvalue weighted by Gasteiger charge is 2.33. The summed E-state index contributed by atoms with van der Waals surface area (Å²) in [7, 11) is 0. The molecule has 0 saturated carbocycles. The molecule has 1 rings (SSSR count). The van der Waals surface area contributed by atoms with E-state index < -0.39 is 18.6 Å². The Kier molecular flexibility index (Phi) is 5.79. The number of hydrogen-bond acceptors (Lipinski definition) is 2. The highest BCUT2D eigenvalue weighted by molar-refractivity contribution is 5.97. The number of nitrogens with two attached hydrogens (primary N) is 1. The van der Waals surface area contributed by atoms with Crippen molar-refractivity contribution >= 4 is 5.91 Å². The SMILES string of the molecule is CCN(CC(F)(F)F)C(=O)c1cc(C)ccc1C#CCN. The predicted octanol–water partition coefficient (Wildman–Crippen LogP) is 2.33. The first-order valence-electron chi connectivity index (χ1n) is 6.44. The van der Waals surface area contributed by atoms with Crippen LogP contribution >= 0.6 is 0 Å². The number of alkyl halides is 3. The smallest absolute Gasteiger partial charge is 0.330 e. The van der Waals surface area contributed by atoms with Crippen molar-refractivity contribution in [2.75, 3.05) is 19.6 Å². The Morgan fingerprint density at radius 1 is 1.38 bits per heavy atom. The van der Waals surface area contributed by atoms with Crippen LogP contribution in [0.25, 0.3) is 0 Å². The number of benzene rings is 1. The number of nitrogens with zero attached hydrogens (tertiary/aromatic N) is 1. The highest BCUT2D eigenvalue weighted by atomic mass is 19.4. The maximum Gasteiger partial charge on any atom is 0.406 e. The van der Waals surface area contributed by atoms with Crippen molar-refractivity contribution in [3.8, 4) is 11.8 Å². The molecule has 0 radical (unpaired) electrons. The first-order chi connectivity index (χ1) is 9.78. The van der Waals surface area contributed by atoms with Crippen LogP contribution < -0.4 is 5.73 Å². The van der Waals surface area contributed by atoms with Gasteiger partial charge in [0.1, 0.15) is 6.54 Å². The van der Waals surface area contributed by atoms with Gasteiger partial charge in [0, 0.05) is 12.1 Å². The minimum absolute atomic E-state index is 0.0317. The van der Waals surface area contributed by atoms with Crippen molar-refractivity contribution in [1.29, 1.82) is 0 Å². The minimum Gasteiger partial charge on any atom is -0.330 e. The zero-order valence-corrected chi connectivity index (χ0v) is 11.9. The molecule has 0 spiro atoms. The molecule has 0 aromatic heterocycles. The van der Waals surface area contributed by atoms with Crippen molar-refractivity contribution < 1.29 is 18.0 Å². The average molecular weight is 298 g/mol. The number of amides is 1. The molecule has 0 saturated heterocycles. The molecular formula is C15H17F3N2O. The van der Waals surface area contributed by atoms with Crippen LogP contribution in [0.2, 0.25) is 0 Å². The van der Waals surface area contributed by atoms with Crippen LogP contribution in [0, 0.1) is 18.8 Å². The van der Waals surface area contributed by atoms with Crippen molar-refractivity contribution in [3.63, 3.8) is 0 Å². The van der Waals surface area contributed by atoms with Gasteiger partial charge in [-0.2, -0.15) is 13.2 Å². The Morgan fingerprint density at radius 2 is 2.05 bits per heavy atom. The largest absolute Gasteiger partial charge is 0.406 e. The van der Waals surface area contributed by atoms with E-state index in [4.69, 9.17) is 5.73 Å². The van der Waals surface area contributed by atoms with E-state index in [9.17, 15) is 18.0 Å². The summed E-state index contributed by atoms with van der Waals surface area (Å²) in [5.41, 5.74) is 6.62. The molecule has 1 aromatic rings. The maximum absolute atomic E-state index is 12.5. The third kappa shape index (κ3) is 5.12. The maximum atomic E-state index is 12.5. The minimum atomic E-state index is -4.43. The first-order valence-corrected chi connectivity index (χ1v) is 6.44. The van der Waals surface area contributed by atoms with Gasteiger partial charge in [0.15, 0.2) is 0 Å². The van der Waals surface area contributed by atoms with Gasteiger partial charge in [-0.1, -0.05) is 23.5 Å². The predicted molar refractivity (Wildman–Crippen MR) is 74.7 cm³/mol. The van der Waals surface area contributed by atoms with Crippen molar-refractivity contribution in [2.24, 2.45) is 5.73 Å². The molecule has 0 aliphatic rings. The molecular weight excluding hydrogens is 281 g/mol. The van der Waals surface area contributed by atoms with Gasteiger partial charge >= 0.3 is 6.18 Å². The Morgan fingerprint density at radius 3 is 2.57 bits per heavy atom. The molecule has 6 heteroatoms. The molecule has 0 fully saturated rings. The summed E-state index contributed by atoms with van der Waals surface area (Å²) >= 11 is 0. The second kappa shape index (κ2) is 7.14. The van der Waals surface area contributed by atoms with Gasteiger partial charge in [0.05, 0.1) is 12.1 Å². The molecule has 3 nitrogen and oxygen atoms in total. The summed E-state index contributed by atoms with van der Waals surface area (Å²) < 4.78 is 37.5. The Bertz CT molecular complexity index is 571. The molecule has 2 N–H and O–H groups in total. The summed E-state index contributed by atoms with van der Waals surface area (Å²) in [5.74, 6) is 4.65. The molecule has 0 atom stereocenters. The number of carbonyl (C=O) groups excluding carboxylic acids is 1. The third-order valence-electron chi connectivity index (χ3n) is 2.77. The zero-order chi connectivity index (χ0) is 16.0. The van der Waals surface area contributed by atoms with E-state index >= 15 is 0 Å². The lowest BCUT2D eigenvalue weighted by Gasteiger charge is -2.23. The number of halogens is 3. The van der Waals surface area contributed by atoms with Crippen LogP contribution in [-0.2, 0) is 0 Å². The Labute approximate surface area is 121 Å². The molecule has 1 aromatic carbocycles. The quantitative estimate of drug-likeness (QED) is 0.871. The zero-order valence-electron chi connectivity index (χ0n) is 11.9. The molecule has 0 unspecified atom stereocenters. The van der Waals surface area contributed by atoms with E-state index in [1.54, 1.807) is 25.1 Å². The fourth-order valence-electron chi connectivity index (χ4n) is 1.80. The number of aryl methyl sites for hydroxylation is 1. The lowest BCUT2D eigenvalue weighted by atomic mass is 10.0. The van der Waals surface area contributed by atoms with E-state index in [1.807, 2.05) is 0 Å². The van der Waals surface area contributed by atoms with Crippen LogP contribution in [0.4, 0.5) is 13.2 Å². The number of hydrogen-bond donors (Lipinski definition) is 1. The van der Waals surface area contributed by atoms with Crippen LogP contribution in [0.3, 0.4) is 0 Å². The van der Waals surface area contributed by atoms with E-state index in [0.717, 1.165) is 10.5 Å². The van der Waals surface area contributed by atoms with Crippen molar-refractivity contribution in [1.82, 2.24) is 4.90 Å². The third-order valence-corrected chi connectivity index (χ3v) is 2.77. The molecule has 0 bridgehead atoms. The normalized spacial score (nSPS) is 10.8. The fourth-order valence-corrected chi connectivity index (χ4v) is 1.80. The monoisotopic (exact) mass is 298 g/mol. The first kappa shape index (κ1) is 17.1. The van der Waals surface area contributed by atoms with E-state index in [2.05, 4.69) is 11.8 Å². The van der Waals surface area contributed by atoms with E-state index in [-0.39, 0.29) is 18.7 Å². The standard InChI is InChI=1S/C15H17F3N2O/c1-3-20(10-15(16,17)18)14(21)13-9-11(2)6-7-12(13)5-4-8-19/h6-7,9H,3,8,10,19H2,1-2H3. The van der Waals surface area contributed by atoms with Gasteiger partial charge < -0.3 is 10.6 Å². The molecule has 0 heterocycles. The van der Waals surface area contributed by atoms with Crippen molar-refractivity contribution in [2.45, 2.75) is 20.0 Å². The van der Waals surface area contributed by atoms with Gasteiger partial charge in [-0.25, -0.2) is 0 Å². The van der Waals surface area contributed by atoms with Crippen LogP contribution in [0.5, 0.6) is 0 Å². The lowest BCUT2D eigenvalue weighted by molar-refractivity contribution is -0.140. The number of carbonyl (C=O) groups is 1. The Balaban J connectivity index is 3.17. The molecule has 0 aliphatic carbocycles. The van der Waals surface area contributed by atoms with Crippen LogP contribution in [0.1, 0.15) is 28.4 Å². The van der Waals surface area contributed by atoms with Gasteiger partial charge in [-0.3, -0.25) is 4.79 Å². The average Bonchev–Trinajstić information content (AvgIpc) is 2.41. The fraction of sp³-hybridized carbons (Fsp3) is 0.400. The van der Waals surface area contributed by atoms with Gasteiger partial charge in [-0.05, 0) is 26.0 Å². The molecule has 0 aliphatic heterocycles. The second-order valence-corrected chi connectivity index (χ2v) is 4.49. The second-order valence-electron chi connectivity index (χ2n) is 4.49. The summed E-state index contributed by atoms with van der Waals surface area (Å²) in [6.07, 6.45) is -4.43. The molecule has 21 heavy (non-hydrogen) atoms. The summed E-state index contributed by atoms with van der Waals surface area (Å²) in [6.45, 7) is 2.07. The molecule has 114 valence electrons. The van der Waals surface area contributed by atoms with Crippen LogP contribution in [0.15, 0.2) is 18.2 Å². The summed E-state index contributed by atoms with van der Waals surface area (Å²) in [5, 5.41) is 0. The molecule has 1 amide bonds. The van der Waals surface area contributed by atoms with Gasteiger partial charge in [0.2, 0.25) is 0 Å².